The van der Waals surface area contributed by atoms with Crippen LogP contribution in [0.25, 0.3) is 11.0 Å². The molecule has 0 bridgehead atoms. The van der Waals surface area contributed by atoms with E-state index in [1.807, 2.05) is 0 Å². The Hall–Kier alpha value is -1.58. The Kier molecular flexibility index (Phi) is 4.00. The number of aromatic nitrogens is 2. The Bertz CT molecular complexity index is 643. The second-order valence-corrected chi connectivity index (χ2v) is 4.83. The highest BCUT2D eigenvalue weighted by molar-refractivity contribution is 9.10. The van der Waals surface area contributed by atoms with Crippen molar-refractivity contribution in [2.45, 2.75) is 18.5 Å². The first kappa shape index (κ1) is 15.8. The Morgan fingerprint density at radius 3 is 2.24 bits per heavy atom. The van der Waals surface area contributed by atoms with Crippen LogP contribution in [0.1, 0.15) is 0 Å². The third-order valence-corrected chi connectivity index (χ3v) is 2.78. The van der Waals surface area contributed by atoms with Crippen molar-refractivity contribution < 1.29 is 31.1 Å². The Balaban J connectivity index is 2.47. The molecule has 0 unspecified atom stereocenters. The van der Waals surface area contributed by atoms with Crippen LogP contribution >= 0.6 is 15.9 Å². The Labute approximate surface area is 122 Å². The van der Waals surface area contributed by atoms with Crippen LogP contribution in [0.15, 0.2) is 29.0 Å². The van der Waals surface area contributed by atoms with Gasteiger partial charge in [-0.15, -0.1) is 0 Å². The van der Waals surface area contributed by atoms with E-state index >= 15 is 0 Å². The summed E-state index contributed by atoms with van der Waals surface area (Å²) in [7, 11) is 0. The zero-order valence-electron chi connectivity index (χ0n) is 9.84. The zero-order chi connectivity index (χ0) is 15.8. The lowest BCUT2D eigenvalue weighted by molar-refractivity contribution is -0.299. The minimum Gasteiger partial charge on any atom is -0.469 e. The molecule has 21 heavy (non-hydrogen) atoms. The van der Waals surface area contributed by atoms with Gasteiger partial charge in [0.2, 0.25) is 0 Å². The fraction of sp³-hybridized carbons (Fsp3) is 0.273. The molecule has 0 radical (unpaired) electrons. The highest BCUT2D eigenvalue weighted by Crippen LogP contribution is 2.37. The quantitative estimate of drug-likeness (QED) is 0.736. The largest absolute Gasteiger partial charge is 0.469 e. The van der Waals surface area contributed by atoms with Crippen molar-refractivity contribution in [2.24, 2.45) is 0 Å². The van der Waals surface area contributed by atoms with Gasteiger partial charge in [-0.1, -0.05) is 0 Å². The van der Waals surface area contributed by atoms with Crippen LogP contribution in [0.2, 0.25) is 0 Å². The van der Waals surface area contributed by atoms with Gasteiger partial charge < -0.3 is 4.74 Å². The molecule has 3 nitrogen and oxygen atoms in total. The SMILES string of the molecule is FC(F)(F)C(Oc1ccnc2cc(Br)cnc12)C(F)(F)F. The number of alkyl halides is 6. The van der Waals surface area contributed by atoms with Crippen molar-refractivity contribution in [1.29, 1.82) is 0 Å². The molecule has 0 aliphatic carbocycles. The van der Waals surface area contributed by atoms with Gasteiger partial charge >= 0.3 is 12.4 Å². The number of fused-ring (bicyclic) bond motifs is 1. The number of halogens is 7. The number of ether oxygens (including phenoxy) is 1. The highest BCUT2D eigenvalue weighted by Gasteiger charge is 2.59. The second kappa shape index (κ2) is 5.32. The molecule has 2 aromatic heterocycles. The topological polar surface area (TPSA) is 35.0 Å². The Morgan fingerprint density at radius 1 is 1.05 bits per heavy atom. The number of rotatable bonds is 2. The second-order valence-electron chi connectivity index (χ2n) is 3.91. The minimum absolute atomic E-state index is 0.102. The van der Waals surface area contributed by atoms with Gasteiger partial charge in [0.05, 0.1) is 5.52 Å². The number of hydrogen-bond acceptors (Lipinski definition) is 3. The summed E-state index contributed by atoms with van der Waals surface area (Å²) in [6.45, 7) is 0. The number of hydrogen-bond donors (Lipinski definition) is 0. The lowest BCUT2D eigenvalue weighted by atomic mass is 10.3. The van der Waals surface area contributed by atoms with E-state index in [4.69, 9.17) is 0 Å². The first-order chi connectivity index (χ1) is 9.59. The summed E-state index contributed by atoms with van der Waals surface area (Å²) in [5.74, 6) is -0.646. The van der Waals surface area contributed by atoms with Gasteiger partial charge in [0.15, 0.2) is 0 Å². The molecule has 0 aliphatic heterocycles. The van der Waals surface area contributed by atoms with Crippen LogP contribution in [0.5, 0.6) is 5.75 Å². The molecular formula is C11H5BrF6N2O. The predicted molar refractivity (Wildman–Crippen MR) is 63.8 cm³/mol. The number of pyridine rings is 2. The van der Waals surface area contributed by atoms with Crippen LogP contribution in [0.3, 0.4) is 0 Å². The average molecular weight is 375 g/mol. The van der Waals surface area contributed by atoms with Gasteiger partial charge in [-0.3, -0.25) is 4.98 Å². The van der Waals surface area contributed by atoms with E-state index in [1.54, 1.807) is 0 Å². The summed E-state index contributed by atoms with van der Waals surface area (Å²) in [4.78, 5) is 7.53. The summed E-state index contributed by atoms with van der Waals surface area (Å²) in [6, 6.07) is 2.29. The van der Waals surface area contributed by atoms with Gasteiger partial charge in [0, 0.05) is 22.9 Å². The van der Waals surface area contributed by atoms with E-state index in [0.29, 0.717) is 4.47 Å². The van der Waals surface area contributed by atoms with Crippen molar-refractivity contribution in [1.82, 2.24) is 9.97 Å². The molecule has 2 rings (SSSR count). The summed E-state index contributed by atoms with van der Waals surface area (Å²) in [5, 5.41) is 0. The molecule has 0 aromatic carbocycles. The molecule has 2 aromatic rings. The monoisotopic (exact) mass is 374 g/mol. The lowest BCUT2D eigenvalue weighted by Crippen LogP contribution is -2.46. The summed E-state index contributed by atoms with van der Waals surface area (Å²) in [5.41, 5.74) is -0.0934. The van der Waals surface area contributed by atoms with Crippen LogP contribution < -0.4 is 4.74 Å². The van der Waals surface area contributed by atoms with Crippen LogP contribution in [-0.4, -0.2) is 28.4 Å². The van der Waals surface area contributed by atoms with E-state index in [9.17, 15) is 26.3 Å². The molecule has 0 saturated heterocycles. The lowest BCUT2D eigenvalue weighted by Gasteiger charge is -2.24. The molecule has 0 spiro atoms. The van der Waals surface area contributed by atoms with E-state index < -0.39 is 24.2 Å². The van der Waals surface area contributed by atoms with Crippen molar-refractivity contribution in [3.8, 4) is 5.75 Å². The third-order valence-electron chi connectivity index (χ3n) is 2.35. The molecule has 0 aliphatic rings. The smallest absolute Gasteiger partial charge is 0.434 e. The average Bonchev–Trinajstić information content (AvgIpc) is 2.32. The maximum absolute atomic E-state index is 12.5. The van der Waals surface area contributed by atoms with Gasteiger partial charge in [-0.2, -0.15) is 26.3 Å². The van der Waals surface area contributed by atoms with Crippen LogP contribution in [0.4, 0.5) is 26.3 Å². The third kappa shape index (κ3) is 3.55. The van der Waals surface area contributed by atoms with Gasteiger partial charge in [-0.25, -0.2) is 4.98 Å². The van der Waals surface area contributed by atoms with Gasteiger partial charge in [0.25, 0.3) is 6.10 Å². The molecule has 0 atom stereocenters. The standard InChI is InChI=1S/C11H5BrF6N2O/c12-5-3-6-8(20-4-5)7(1-2-19-6)21-9(10(13,14)15)11(16,17)18/h1-4,9H. The van der Waals surface area contributed by atoms with Crippen LogP contribution in [0, 0.1) is 0 Å². The summed E-state index contributed by atoms with van der Waals surface area (Å²) < 4.78 is 79.5. The maximum Gasteiger partial charge on any atom is 0.434 e. The summed E-state index contributed by atoms with van der Waals surface area (Å²) in [6.07, 6.45) is -12.9. The maximum atomic E-state index is 12.5. The van der Waals surface area contributed by atoms with E-state index in [-0.39, 0.29) is 11.0 Å². The highest BCUT2D eigenvalue weighted by atomic mass is 79.9. The van der Waals surface area contributed by atoms with E-state index in [2.05, 4.69) is 30.6 Å². The minimum atomic E-state index is -5.59. The van der Waals surface area contributed by atoms with E-state index in [1.165, 1.54) is 12.3 Å². The zero-order valence-corrected chi connectivity index (χ0v) is 11.4. The van der Waals surface area contributed by atoms with E-state index in [0.717, 1.165) is 12.3 Å². The molecule has 10 heteroatoms. The van der Waals surface area contributed by atoms with Crippen molar-refractivity contribution >= 4 is 27.0 Å². The molecule has 0 N–H and O–H groups in total. The molecule has 2 heterocycles. The fourth-order valence-electron chi connectivity index (χ4n) is 1.52. The molecule has 0 saturated carbocycles. The molecule has 114 valence electrons. The summed E-state index contributed by atoms with van der Waals surface area (Å²) >= 11 is 3.07. The molecular weight excluding hydrogens is 370 g/mol. The van der Waals surface area contributed by atoms with Gasteiger partial charge in [-0.05, 0) is 22.0 Å². The Morgan fingerprint density at radius 2 is 1.67 bits per heavy atom. The normalized spacial score (nSPS) is 13.0. The first-order valence-electron chi connectivity index (χ1n) is 5.29. The van der Waals surface area contributed by atoms with Crippen molar-refractivity contribution in [3.05, 3.63) is 29.0 Å². The van der Waals surface area contributed by atoms with Gasteiger partial charge in [0.1, 0.15) is 11.3 Å². The molecule has 0 fully saturated rings. The molecule has 0 amide bonds. The van der Waals surface area contributed by atoms with Crippen molar-refractivity contribution in [3.63, 3.8) is 0 Å². The number of nitrogens with zero attached hydrogens (tertiary/aromatic N) is 2. The first-order valence-corrected chi connectivity index (χ1v) is 6.08. The van der Waals surface area contributed by atoms with Crippen LogP contribution in [-0.2, 0) is 0 Å². The predicted octanol–water partition coefficient (Wildman–Crippen LogP) is 4.26. The fourth-order valence-corrected chi connectivity index (χ4v) is 1.84. The van der Waals surface area contributed by atoms with Crippen molar-refractivity contribution in [2.75, 3.05) is 0 Å².